The highest BCUT2D eigenvalue weighted by molar-refractivity contribution is 7.80. The largest absolute Gasteiger partial charge is 0.393 e. The van der Waals surface area contributed by atoms with E-state index in [4.69, 9.17) is 18.0 Å². The number of carbonyl (C=O) groups excluding carboxylic acids is 1. The molecule has 1 unspecified atom stereocenters. The van der Waals surface area contributed by atoms with Gasteiger partial charge in [-0.15, -0.1) is 0 Å². The van der Waals surface area contributed by atoms with Crippen LogP contribution in [-0.4, -0.2) is 28.4 Å². The summed E-state index contributed by atoms with van der Waals surface area (Å²) in [6.45, 7) is 4.41. The van der Waals surface area contributed by atoms with E-state index < -0.39 is 5.82 Å². The Balaban J connectivity index is 2.90. The van der Waals surface area contributed by atoms with Gasteiger partial charge in [0.05, 0.1) is 4.99 Å². The Morgan fingerprint density at radius 3 is 2.74 bits per heavy atom. The normalized spacial score (nSPS) is 11.9. The molecule has 0 heterocycles. The first-order valence-corrected chi connectivity index (χ1v) is 6.71. The third-order valence-corrected chi connectivity index (χ3v) is 3.26. The van der Waals surface area contributed by atoms with Crippen LogP contribution >= 0.6 is 12.2 Å². The number of thiocarbonyl (C=S) groups is 1. The third-order valence-electron chi connectivity index (χ3n) is 3.05. The molecule has 0 aliphatic rings. The molecule has 0 radical (unpaired) electrons. The highest BCUT2D eigenvalue weighted by atomic mass is 32.1. The molecule has 3 nitrogen and oxygen atoms in total. The summed E-state index contributed by atoms with van der Waals surface area (Å²) in [4.78, 5) is 14.4. The molecular formula is C14H19FN2OS. The second-order valence-electron chi connectivity index (χ2n) is 4.48. The molecule has 0 aliphatic carbocycles. The number of halogens is 1. The molecule has 0 saturated heterocycles. The van der Waals surface area contributed by atoms with Crippen LogP contribution in [0, 0.1) is 5.82 Å². The van der Waals surface area contributed by atoms with E-state index in [0.29, 0.717) is 23.5 Å². The molecule has 0 aliphatic heterocycles. The summed E-state index contributed by atoms with van der Waals surface area (Å²) in [5, 5.41) is 0. The number of carbonyl (C=O) groups is 1. The highest BCUT2D eigenvalue weighted by Crippen LogP contribution is 2.12. The Morgan fingerprint density at radius 1 is 1.53 bits per heavy atom. The van der Waals surface area contributed by atoms with Gasteiger partial charge in [-0.3, -0.25) is 4.79 Å². The van der Waals surface area contributed by atoms with Crippen molar-refractivity contribution < 1.29 is 9.18 Å². The van der Waals surface area contributed by atoms with Crippen molar-refractivity contribution in [1.29, 1.82) is 0 Å². The minimum atomic E-state index is -0.413. The van der Waals surface area contributed by atoms with E-state index in [1.807, 2.05) is 13.8 Å². The fourth-order valence-corrected chi connectivity index (χ4v) is 1.85. The summed E-state index contributed by atoms with van der Waals surface area (Å²) in [5.41, 5.74) is 5.83. The van der Waals surface area contributed by atoms with Crippen LogP contribution in [-0.2, 0) is 0 Å². The van der Waals surface area contributed by atoms with Crippen LogP contribution in [0.5, 0.6) is 0 Å². The molecule has 104 valence electrons. The minimum absolute atomic E-state index is 0.0603. The first-order valence-electron chi connectivity index (χ1n) is 6.30. The van der Waals surface area contributed by atoms with E-state index in [1.165, 1.54) is 18.2 Å². The number of amides is 1. The molecular weight excluding hydrogens is 263 g/mol. The van der Waals surface area contributed by atoms with E-state index in [1.54, 1.807) is 11.0 Å². The molecule has 19 heavy (non-hydrogen) atoms. The molecule has 1 aromatic rings. The van der Waals surface area contributed by atoms with E-state index in [-0.39, 0.29) is 11.9 Å². The quantitative estimate of drug-likeness (QED) is 0.816. The molecule has 0 bridgehead atoms. The number of benzene rings is 1. The van der Waals surface area contributed by atoms with Gasteiger partial charge >= 0.3 is 0 Å². The van der Waals surface area contributed by atoms with E-state index in [2.05, 4.69) is 0 Å². The van der Waals surface area contributed by atoms with Gasteiger partial charge in [0.25, 0.3) is 5.91 Å². The van der Waals surface area contributed by atoms with E-state index in [0.717, 1.165) is 6.42 Å². The van der Waals surface area contributed by atoms with Gasteiger partial charge in [0.15, 0.2) is 0 Å². The molecule has 1 amide bonds. The van der Waals surface area contributed by atoms with Crippen LogP contribution in [0.2, 0.25) is 0 Å². The molecule has 1 aromatic carbocycles. The summed E-state index contributed by atoms with van der Waals surface area (Å²) in [6.07, 6.45) is 1.29. The Hall–Kier alpha value is -1.49. The van der Waals surface area contributed by atoms with Gasteiger partial charge in [-0.2, -0.15) is 0 Å². The van der Waals surface area contributed by atoms with E-state index in [9.17, 15) is 9.18 Å². The monoisotopic (exact) mass is 282 g/mol. The second kappa shape index (κ2) is 7.19. The van der Waals surface area contributed by atoms with Crippen molar-refractivity contribution >= 4 is 23.1 Å². The molecule has 2 N–H and O–H groups in total. The van der Waals surface area contributed by atoms with Gasteiger partial charge in [0.2, 0.25) is 0 Å². The molecule has 5 heteroatoms. The van der Waals surface area contributed by atoms with Crippen LogP contribution in [0.15, 0.2) is 24.3 Å². The predicted octanol–water partition coefficient (Wildman–Crippen LogP) is 2.74. The maximum Gasteiger partial charge on any atom is 0.254 e. The molecule has 1 atom stereocenters. The van der Waals surface area contributed by atoms with Gasteiger partial charge in [-0.1, -0.05) is 25.2 Å². The predicted molar refractivity (Wildman–Crippen MR) is 78.6 cm³/mol. The topological polar surface area (TPSA) is 46.3 Å². The highest BCUT2D eigenvalue weighted by Gasteiger charge is 2.20. The van der Waals surface area contributed by atoms with Gasteiger partial charge in [-0.05, 0) is 31.5 Å². The van der Waals surface area contributed by atoms with Crippen LogP contribution in [0.1, 0.15) is 37.0 Å². The lowest BCUT2D eigenvalue weighted by Gasteiger charge is -2.28. The van der Waals surface area contributed by atoms with Gasteiger partial charge in [0.1, 0.15) is 5.82 Å². The fraction of sp³-hybridized carbons (Fsp3) is 0.429. The zero-order valence-electron chi connectivity index (χ0n) is 11.2. The van der Waals surface area contributed by atoms with Crippen LogP contribution in [0.4, 0.5) is 4.39 Å². The standard InChI is InChI=1S/C14H19FN2OS/c1-3-10(2)17(8-7-13(16)19)14(18)11-5-4-6-12(15)9-11/h4-6,9-10H,3,7-8H2,1-2H3,(H2,16,19). The summed E-state index contributed by atoms with van der Waals surface area (Å²) in [6, 6.07) is 5.77. The zero-order valence-corrected chi connectivity index (χ0v) is 12.0. The maximum absolute atomic E-state index is 13.2. The molecule has 0 saturated carbocycles. The van der Waals surface area contributed by atoms with Gasteiger partial charge in [-0.25, -0.2) is 4.39 Å². The number of rotatable bonds is 6. The maximum atomic E-state index is 13.2. The third kappa shape index (κ3) is 4.59. The lowest BCUT2D eigenvalue weighted by molar-refractivity contribution is 0.0694. The smallest absolute Gasteiger partial charge is 0.254 e. The SMILES string of the molecule is CCC(C)N(CCC(N)=S)C(=O)c1cccc(F)c1. The van der Waals surface area contributed by atoms with Crippen molar-refractivity contribution in [2.75, 3.05) is 6.54 Å². The summed E-state index contributed by atoms with van der Waals surface area (Å²) in [7, 11) is 0. The summed E-state index contributed by atoms with van der Waals surface area (Å²) < 4.78 is 13.2. The van der Waals surface area contributed by atoms with Crippen molar-refractivity contribution in [3.63, 3.8) is 0 Å². The van der Waals surface area contributed by atoms with E-state index >= 15 is 0 Å². The fourth-order valence-electron chi connectivity index (χ4n) is 1.76. The summed E-state index contributed by atoms with van der Waals surface area (Å²) >= 11 is 4.84. The van der Waals surface area contributed by atoms with Crippen LogP contribution < -0.4 is 5.73 Å². The Kier molecular flexibility index (Phi) is 5.89. The van der Waals surface area contributed by atoms with Crippen molar-refractivity contribution in [2.24, 2.45) is 5.73 Å². The second-order valence-corrected chi connectivity index (χ2v) is 5.01. The van der Waals surface area contributed by atoms with Gasteiger partial charge < -0.3 is 10.6 Å². The Morgan fingerprint density at radius 2 is 2.21 bits per heavy atom. The number of nitrogens with zero attached hydrogens (tertiary/aromatic N) is 1. The summed E-state index contributed by atoms with van der Waals surface area (Å²) in [5.74, 6) is -0.602. The average Bonchev–Trinajstić information content (AvgIpc) is 2.38. The van der Waals surface area contributed by atoms with Crippen LogP contribution in [0.3, 0.4) is 0 Å². The molecule has 0 fully saturated rings. The van der Waals surface area contributed by atoms with Crippen molar-refractivity contribution in [2.45, 2.75) is 32.7 Å². The average molecular weight is 282 g/mol. The van der Waals surface area contributed by atoms with Crippen molar-refractivity contribution in [3.8, 4) is 0 Å². The number of hydrogen-bond acceptors (Lipinski definition) is 2. The minimum Gasteiger partial charge on any atom is -0.393 e. The first-order chi connectivity index (χ1) is 8.95. The van der Waals surface area contributed by atoms with Crippen molar-refractivity contribution in [3.05, 3.63) is 35.6 Å². The van der Waals surface area contributed by atoms with Crippen molar-refractivity contribution in [1.82, 2.24) is 4.90 Å². The van der Waals surface area contributed by atoms with Crippen LogP contribution in [0.25, 0.3) is 0 Å². The molecule has 1 rings (SSSR count). The lowest BCUT2D eigenvalue weighted by Crippen LogP contribution is -2.40. The van der Waals surface area contributed by atoms with Gasteiger partial charge in [0, 0.05) is 24.6 Å². The molecule has 0 aromatic heterocycles. The zero-order chi connectivity index (χ0) is 14.4. The molecule has 0 spiro atoms. The Labute approximate surface area is 118 Å². The number of nitrogens with two attached hydrogens (primary N) is 1. The lowest BCUT2D eigenvalue weighted by atomic mass is 10.1. The first kappa shape index (κ1) is 15.6. The number of hydrogen-bond donors (Lipinski definition) is 1. The Bertz CT molecular complexity index is 465.